The second kappa shape index (κ2) is 5.84. The van der Waals surface area contributed by atoms with Gasteiger partial charge in [-0.25, -0.2) is 0 Å². The fourth-order valence-electron chi connectivity index (χ4n) is 4.11. The molecule has 1 fully saturated rings. The molecule has 0 spiro atoms. The van der Waals surface area contributed by atoms with E-state index in [1.807, 2.05) is 18.2 Å². The van der Waals surface area contributed by atoms with Gasteiger partial charge in [0.2, 0.25) is 21.7 Å². The molecule has 4 nitrogen and oxygen atoms in total. The van der Waals surface area contributed by atoms with E-state index >= 15 is 0 Å². The molecule has 26 heavy (non-hydrogen) atoms. The first kappa shape index (κ1) is 15.4. The van der Waals surface area contributed by atoms with E-state index in [1.54, 1.807) is 24.3 Å². The van der Waals surface area contributed by atoms with Crippen LogP contribution in [-0.2, 0) is 0 Å². The first-order valence-corrected chi connectivity index (χ1v) is 9.15. The highest BCUT2D eigenvalue weighted by molar-refractivity contribution is 5.82. The average Bonchev–Trinajstić information content (AvgIpc) is 2.71. The van der Waals surface area contributed by atoms with Gasteiger partial charge in [0.15, 0.2) is 11.2 Å². The first-order chi connectivity index (χ1) is 12.7. The average molecular weight is 346 g/mol. The van der Waals surface area contributed by atoms with Gasteiger partial charge in [0.1, 0.15) is 0 Å². The molecule has 0 aromatic heterocycles. The van der Waals surface area contributed by atoms with Crippen LogP contribution in [0.3, 0.4) is 0 Å². The summed E-state index contributed by atoms with van der Waals surface area (Å²) in [6.07, 6.45) is 6.15. The summed E-state index contributed by atoms with van der Waals surface area (Å²) in [4.78, 5) is 25.5. The van der Waals surface area contributed by atoms with E-state index in [1.165, 1.54) is 37.7 Å². The first-order valence-electron chi connectivity index (χ1n) is 9.15. The Balaban J connectivity index is 1.82. The maximum Gasteiger partial charge on any atom is 0.233 e. The number of rotatable bonds is 1. The van der Waals surface area contributed by atoms with Gasteiger partial charge in [-0.2, -0.15) is 0 Å². The van der Waals surface area contributed by atoms with E-state index in [4.69, 9.17) is 8.83 Å². The van der Waals surface area contributed by atoms with Crippen LogP contribution in [0.5, 0.6) is 0 Å². The Kier molecular flexibility index (Phi) is 3.45. The topological polar surface area (TPSA) is 60.4 Å². The van der Waals surface area contributed by atoms with Crippen molar-refractivity contribution in [2.24, 2.45) is 0 Å². The Morgan fingerprint density at radius 3 is 2.00 bits per heavy atom. The molecule has 0 saturated heterocycles. The van der Waals surface area contributed by atoms with Crippen LogP contribution in [0, 0.1) is 10.8 Å². The molecule has 4 heteroatoms. The van der Waals surface area contributed by atoms with E-state index in [-0.39, 0.29) is 21.7 Å². The van der Waals surface area contributed by atoms with Crippen molar-refractivity contribution in [2.45, 2.75) is 38.0 Å². The van der Waals surface area contributed by atoms with Gasteiger partial charge in [0.05, 0.1) is 0 Å². The maximum atomic E-state index is 12.8. The van der Waals surface area contributed by atoms with Crippen LogP contribution < -0.4 is 10.9 Å². The number of hydrogen-bond donors (Lipinski definition) is 0. The summed E-state index contributed by atoms with van der Waals surface area (Å²) in [6, 6.07) is 12.6. The van der Waals surface area contributed by atoms with Crippen molar-refractivity contribution < 1.29 is 8.83 Å². The summed E-state index contributed by atoms with van der Waals surface area (Å²) in [5.41, 5.74) is 1.61. The number of benzene rings is 2. The molecule has 0 radical (unpaired) electrons. The maximum absolute atomic E-state index is 12.8. The Bertz CT molecular complexity index is 1310. The number of hydrogen-bond acceptors (Lipinski definition) is 4. The van der Waals surface area contributed by atoms with Gasteiger partial charge in [-0.1, -0.05) is 49.6 Å². The summed E-state index contributed by atoms with van der Waals surface area (Å²) < 4.78 is 11.7. The highest BCUT2D eigenvalue weighted by atomic mass is 16.4. The SMILES string of the molecule is O=c1c2oc3ccc(C4CCCCC4)cc3oc=2c(=O)c2ccccc12. The molecule has 1 heterocycles. The van der Waals surface area contributed by atoms with E-state index in [2.05, 4.69) is 0 Å². The molecular weight excluding hydrogens is 328 g/mol. The van der Waals surface area contributed by atoms with Crippen molar-refractivity contribution in [2.75, 3.05) is 0 Å². The fraction of sp³-hybridized carbons (Fsp3) is 0.273. The molecular formula is C22H18O4. The molecule has 0 amide bonds. The molecule has 0 unspecified atom stereocenters. The van der Waals surface area contributed by atoms with Crippen LogP contribution in [0.25, 0.3) is 21.9 Å². The monoisotopic (exact) mass is 346 g/mol. The quantitative estimate of drug-likeness (QED) is 0.502. The Labute approximate surface area is 148 Å². The lowest BCUT2D eigenvalue weighted by molar-refractivity contribution is 0.440. The van der Waals surface area contributed by atoms with Crippen LogP contribution in [-0.4, -0.2) is 0 Å². The standard InChI is InChI=1S/C22H18O4/c23-19-15-8-4-5-9-16(15)20(24)22-21(19)25-17-11-10-14(12-18(17)26-22)13-6-2-1-3-7-13/h4-5,8-13H,1-3,6-7H2. The van der Waals surface area contributed by atoms with Gasteiger partial charge in [-0.05, 0) is 36.5 Å². The van der Waals surface area contributed by atoms with Crippen molar-refractivity contribution in [3.05, 3.63) is 79.3 Å². The predicted octanol–water partition coefficient (Wildman–Crippen LogP) is 4.67. The van der Waals surface area contributed by atoms with Gasteiger partial charge in [0, 0.05) is 10.8 Å². The lowest BCUT2D eigenvalue weighted by Crippen LogP contribution is -2.14. The summed E-state index contributed by atoms with van der Waals surface area (Å²) in [6.45, 7) is 0. The minimum absolute atomic E-state index is 0.00185. The highest BCUT2D eigenvalue weighted by Gasteiger charge is 2.17. The van der Waals surface area contributed by atoms with E-state index in [9.17, 15) is 9.59 Å². The molecule has 1 aliphatic heterocycles. The van der Waals surface area contributed by atoms with Gasteiger partial charge >= 0.3 is 0 Å². The summed E-state index contributed by atoms with van der Waals surface area (Å²) in [7, 11) is 0. The minimum atomic E-state index is -0.308. The molecule has 2 aromatic carbocycles. The van der Waals surface area contributed by atoms with E-state index in [0.29, 0.717) is 27.9 Å². The molecule has 2 aromatic rings. The summed E-state index contributed by atoms with van der Waals surface area (Å²) >= 11 is 0. The fourth-order valence-corrected chi connectivity index (χ4v) is 4.11. The zero-order valence-electron chi connectivity index (χ0n) is 14.3. The van der Waals surface area contributed by atoms with Crippen molar-refractivity contribution in [1.29, 1.82) is 0 Å². The normalized spacial score (nSPS) is 15.8. The Morgan fingerprint density at radius 2 is 1.35 bits per heavy atom. The van der Waals surface area contributed by atoms with Crippen LogP contribution in [0.1, 0.15) is 43.6 Å². The van der Waals surface area contributed by atoms with Crippen LogP contribution >= 0.6 is 0 Å². The molecule has 3 aliphatic rings. The molecule has 5 rings (SSSR count). The number of fused-ring (bicyclic) bond motifs is 2. The Morgan fingerprint density at radius 1 is 0.731 bits per heavy atom. The van der Waals surface area contributed by atoms with Crippen molar-refractivity contribution in [1.82, 2.24) is 0 Å². The van der Waals surface area contributed by atoms with Gasteiger partial charge in [-0.3, -0.25) is 9.59 Å². The smallest absolute Gasteiger partial charge is 0.233 e. The summed E-state index contributed by atoms with van der Waals surface area (Å²) in [5, 5.41) is 0.730. The van der Waals surface area contributed by atoms with Crippen LogP contribution in [0.2, 0.25) is 0 Å². The third kappa shape index (κ3) is 2.29. The van der Waals surface area contributed by atoms with E-state index in [0.717, 1.165) is 0 Å². The highest BCUT2D eigenvalue weighted by Crippen LogP contribution is 2.34. The zero-order chi connectivity index (χ0) is 17.7. The lowest BCUT2D eigenvalue weighted by Gasteiger charge is -2.21. The van der Waals surface area contributed by atoms with Crippen molar-refractivity contribution >= 4 is 21.9 Å². The second-order valence-corrected chi connectivity index (χ2v) is 7.11. The zero-order valence-corrected chi connectivity index (χ0v) is 14.3. The van der Waals surface area contributed by atoms with Gasteiger partial charge < -0.3 is 8.83 Å². The minimum Gasteiger partial charge on any atom is -0.445 e. The van der Waals surface area contributed by atoms with Crippen LogP contribution in [0.15, 0.2) is 60.9 Å². The third-order valence-corrected chi connectivity index (χ3v) is 5.50. The van der Waals surface area contributed by atoms with Gasteiger partial charge in [0.25, 0.3) is 0 Å². The molecule has 2 aliphatic carbocycles. The molecule has 1 saturated carbocycles. The van der Waals surface area contributed by atoms with E-state index < -0.39 is 0 Å². The molecule has 0 bridgehead atoms. The van der Waals surface area contributed by atoms with Gasteiger partial charge in [-0.15, -0.1) is 0 Å². The van der Waals surface area contributed by atoms with Crippen molar-refractivity contribution in [3.63, 3.8) is 0 Å². The van der Waals surface area contributed by atoms with Crippen molar-refractivity contribution in [3.8, 4) is 0 Å². The largest absolute Gasteiger partial charge is 0.445 e. The predicted molar refractivity (Wildman–Crippen MR) is 99.7 cm³/mol. The van der Waals surface area contributed by atoms with Crippen LogP contribution in [0.4, 0.5) is 0 Å². The third-order valence-electron chi connectivity index (χ3n) is 5.50. The lowest BCUT2D eigenvalue weighted by atomic mass is 9.84. The summed E-state index contributed by atoms with van der Waals surface area (Å²) in [5.74, 6) is 0.525. The molecule has 0 atom stereocenters. The second-order valence-electron chi connectivity index (χ2n) is 7.11. The molecule has 0 N–H and O–H groups in total. The molecule has 130 valence electrons. The Hall–Kier alpha value is -2.88.